The predicted octanol–water partition coefficient (Wildman–Crippen LogP) is 1.90. The number of hydrogen-bond acceptors (Lipinski definition) is 4. The Morgan fingerprint density at radius 1 is 1.47 bits per heavy atom. The first-order valence-electron chi connectivity index (χ1n) is 5.64. The van der Waals surface area contributed by atoms with Crippen molar-refractivity contribution in [3.05, 3.63) is 29.8 Å². The predicted molar refractivity (Wildman–Crippen MR) is 67.1 cm³/mol. The Bertz CT molecular complexity index is 377. The molecular weight excluding hydrogens is 218 g/mol. The number of rotatable bonds is 5. The van der Waals surface area contributed by atoms with Gasteiger partial charge in [-0.25, -0.2) is 4.79 Å². The molecule has 0 bridgehead atoms. The Balaban J connectivity index is 2.81. The molecule has 0 spiro atoms. The van der Waals surface area contributed by atoms with Crippen LogP contribution in [0, 0.1) is 5.92 Å². The number of anilines is 1. The molecule has 4 nitrogen and oxygen atoms in total. The third kappa shape index (κ3) is 3.75. The fourth-order valence-corrected chi connectivity index (χ4v) is 1.49. The minimum atomic E-state index is -0.362. The van der Waals surface area contributed by atoms with Crippen LogP contribution in [0.1, 0.15) is 24.2 Å². The molecule has 17 heavy (non-hydrogen) atoms. The largest absolute Gasteiger partial charge is 0.465 e. The number of methoxy groups -OCH3 is 1. The average molecular weight is 237 g/mol. The highest BCUT2D eigenvalue weighted by Crippen LogP contribution is 2.15. The molecule has 0 aliphatic carbocycles. The number of hydrogen-bond donors (Lipinski definition) is 2. The van der Waals surface area contributed by atoms with Crippen LogP contribution in [0.5, 0.6) is 0 Å². The lowest BCUT2D eigenvalue weighted by Gasteiger charge is -2.21. The summed E-state index contributed by atoms with van der Waals surface area (Å²) in [5.74, 6) is -0.0551. The van der Waals surface area contributed by atoms with E-state index in [4.69, 9.17) is 0 Å². The molecule has 94 valence electrons. The van der Waals surface area contributed by atoms with Crippen LogP contribution in [0.3, 0.4) is 0 Å². The van der Waals surface area contributed by atoms with E-state index in [2.05, 4.69) is 10.1 Å². The molecule has 0 saturated heterocycles. The number of benzene rings is 1. The third-order valence-electron chi connectivity index (χ3n) is 2.64. The summed E-state index contributed by atoms with van der Waals surface area (Å²) >= 11 is 0. The van der Waals surface area contributed by atoms with Gasteiger partial charge in [0.15, 0.2) is 0 Å². The van der Waals surface area contributed by atoms with Crippen molar-refractivity contribution in [3.8, 4) is 0 Å². The number of carbonyl (C=O) groups excluding carboxylic acids is 1. The molecule has 0 fully saturated rings. The zero-order chi connectivity index (χ0) is 12.8. The van der Waals surface area contributed by atoms with E-state index >= 15 is 0 Å². The van der Waals surface area contributed by atoms with Crippen molar-refractivity contribution in [2.75, 3.05) is 19.0 Å². The number of esters is 1. The molecule has 1 aromatic rings. The maximum absolute atomic E-state index is 11.4. The van der Waals surface area contributed by atoms with Gasteiger partial charge in [-0.3, -0.25) is 0 Å². The van der Waals surface area contributed by atoms with E-state index in [-0.39, 0.29) is 18.6 Å². The quantitative estimate of drug-likeness (QED) is 0.768. The van der Waals surface area contributed by atoms with Gasteiger partial charge in [0.1, 0.15) is 0 Å². The van der Waals surface area contributed by atoms with E-state index < -0.39 is 0 Å². The smallest absolute Gasteiger partial charge is 0.337 e. The molecule has 0 heterocycles. The number of ether oxygens (including phenoxy) is 1. The average Bonchev–Trinajstić information content (AvgIpc) is 2.34. The van der Waals surface area contributed by atoms with Gasteiger partial charge in [-0.2, -0.15) is 0 Å². The van der Waals surface area contributed by atoms with Crippen LogP contribution in [0.2, 0.25) is 0 Å². The van der Waals surface area contributed by atoms with E-state index in [1.165, 1.54) is 7.11 Å². The summed E-state index contributed by atoms with van der Waals surface area (Å²) in [6.45, 7) is 4.11. The van der Waals surface area contributed by atoms with Crippen molar-refractivity contribution in [2.24, 2.45) is 5.92 Å². The number of aliphatic hydroxyl groups is 1. The van der Waals surface area contributed by atoms with Crippen LogP contribution < -0.4 is 5.32 Å². The Labute approximate surface area is 102 Å². The number of carbonyl (C=O) groups is 1. The second-order valence-electron chi connectivity index (χ2n) is 4.25. The van der Waals surface area contributed by atoms with Gasteiger partial charge < -0.3 is 15.2 Å². The fraction of sp³-hybridized carbons (Fsp3) is 0.462. The molecule has 4 heteroatoms. The van der Waals surface area contributed by atoms with Crippen molar-refractivity contribution in [3.63, 3.8) is 0 Å². The van der Waals surface area contributed by atoms with Crippen LogP contribution in [0.4, 0.5) is 5.69 Å². The maximum Gasteiger partial charge on any atom is 0.337 e. The zero-order valence-corrected chi connectivity index (χ0v) is 10.4. The highest BCUT2D eigenvalue weighted by Gasteiger charge is 2.12. The van der Waals surface area contributed by atoms with Crippen molar-refractivity contribution in [1.82, 2.24) is 0 Å². The van der Waals surface area contributed by atoms with Gasteiger partial charge in [-0.15, -0.1) is 0 Å². The van der Waals surface area contributed by atoms with Crippen molar-refractivity contribution in [2.45, 2.75) is 19.9 Å². The maximum atomic E-state index is 11.4. The second kappa shape index (κ2) is 6.25. The number of nitrogens with one attached hydrogen (secondary N) is 1. The minimum absolute atomic E-state index is 0.0251. The molecule has 0 aromatic heterocycles. The van der Waals surface area contributed by atoms with Crippen LogP contribution in [0.15, 0.2) is 24.3 Å². The summed E-state index contributed by atoms with van der Waals surface area (Å²) < 4.78 is 4.65. The summed E-state index contributed by atoms with van der Waals surface area (Å²) in [5.41, 5.74) is 1.30. The number of aliphatic hydroxyl groups excluding tert-OH is 1. The molecule has 0 aliphatic rings. The second-order valence-corrected chi connectivity index (χ2v) is 4.25. The highest BCUT2D eigenvalue weighted by atomic mass is 16.5. The molecule has 1 aromatic carbocycles. The molecule has 2 N–H and O–H groups in total. The molecule has 0 aliphatic heterocycles. The summed E-state index contributed by atoms with van der Waals surface area (Å²) in [6, 6.07) is 7.03. The van der Waals surface area contributed by atoms with Gasteiger partial charge in [-0.05, 0) is 24.1 Å². The molecule has 1 unspecified atom stereocenters. The Hall–Kier alpha value is -1.55. The molecule has 1 rings (SSSR count). The van der Waals surface area contributed by atoms with Crippen LogP contribution in [-0.4, -0.2) is 30.8 Å². The van der Waals surface area contributed by atoms with E-state index in [1.807, 2.05) is 19.9 Å². The molecular formula is C13H19NO3. The molecule has 0 radical (unpaired) electrons. The Morgan fingerprint density at radius 3 is 2.71 bits per heavy atom. The van der Waals surface area contributed by atoms with Gasteiger partial charge in [-0.1, -0.05) is 19.9 Å². The van der Waals surface area contributed by atoms with E-state index in [0.717, 1.165) is 5.69 Å². The topological polar surface area (TPSA) is 58.6 Å². The van der Waals surface area contributed by atoms with Gasteiger partial charge in [0.2, 0.25) is 0 Å². The highest BCUT2D eigenvalue weighted by molar-refractivity contribution is 5.90. The first-order valence-corrected chi connectivity index (χ1v) is 5.64. The molecule has 1 atom stereocenters. The first-order chi connectivity index (χ1) is 8.08. The fourth-order valence-electron chi connectivity index (χ4n) is 1.49. The van der Waals surface area contributed by atoms with Crippen molar-refractivity contribution >= 4 is 11.7 Å². The van der Waals surface area contributed by atoms with Crippen LogP contribution >= 0.6 is 0 Å². The first kappa shape index (κ1) is 13.5. The van der Waals surface area contributed by atoms with E-state index in [0.29, 0.717) is 11.5 Å². The van der Waals surface area contributed by atoms with Crippen LogP contribution in [0.25, 0.3) is 0 Å². The standard InChI is InChI=1S/C13H19NO3/c1-9(2)12(8-15)14-11-6-4-5-10(7-11)13(16)17-3/h4-7,9,12,14-15H,8H2,1-3H3. The van der Waals surface area contributed by atoms with Crippen molar-refractivity contribution < 1.29 is 14.6 Å². The normalized spacial score (nSPS) is 12.3. The molecule has 0 saturated carbocycles. The summed E-state index contributed by atoms with van der Waals surface area (Å²) in [6.07, 6.45) is 0. The SMILES string of the molecule is COC(=O)c1cccc(NC(CO)C(C)C)c1. The van der Waals surface area contributed by atoms with Gasteiger partial charge in [0.05, 0.1) is 25.3 Å². The monoisotopic (exact) mass is 237 g/mol. The third-order valence-corrected chi connectivity index (χ3v) is 2.64. The Morgan fingerprint density at radius 2 is 2.18 bits per heavy atom. The summed E-state index contributed by atoms with van der Waals surface area (Å²) in [7, 11) is 1.35. The molecule has 0 amide bonds. The minimum Gasteiger partial charge on any atom is -0.465 e. The van der Waals surface area contributed by atoms with Gasteiger partial charge in [0.25, 0.3) is 0 Å². The lowest BCUT2D eigenvalue weighted by Crippen LogP contribution is -2.29. The van der Waals surface area contributed by atoms with E-state index in [1.54, 1.807) is 18.2 Å². The van der Waals surface area contributed by atoms with E-state index in [9.17, 15) is 9.90 Å². The lowest BCUT2D eigenvalue weighted by atomic mass is 10.0. The van der Waals surface area contributed by atoms with Crippen LogP contribution in [-0.2, 0) is 4.74 Å². The van der Waals surface area contributed by atoms with Gasteiger partial charge >= 0.3 is 5.97 Å². The lowest BCUT2D eigenvalue weighted by molar-refractivity contribution is 0.0601. The zero-order valence-electron chi connectivity index (χ0n) is 10.4. The summed E-state index contributed by atoms with van der Waals surface area (Å²) in [4.78, 5) is 11.4. The van der Waals surface area contributed by atoms with Crippen molar-refractivity contribution in [1.29, 1.82) is 0 Å². The Kier molecular flexibility index (Phi) is 4.97. The van der Waals surface area contributed by atoms with Gasteiger partial charge in [0, 0.05) is 5.69 Å². The summed E-state index contributed by atoms with van der Waals surface area (Å²) in [5, 5.41) is 12.4.